The fourth-order valence-corrected chi connectivity index (χ4v) is 3.05. The molecule has 2 N–H and O–H groups in total. The van der Waals surface area contributed by atoms with Crippen molar-refractivity contribution in [1.29, 1.82) is 0 Å². The highest BCUT2D eigenvalue weighted by molar-refractivity contribution is 5.38. The minimum Gasteiger partial charge on any atom is -0.486 e. The summed E-state index contributed by atoms with van der Waals surface area (Å²) in [7, 11) is 0. The van der Waals surface area contributed by atoms with Crippen molar-refractivity contribution in [3.63, 3.8) is 0 Å². The number of benzene rings is 1. The number of nitrogens with one attached hydrogen (secondary N) is 1. The lowest BCUT2D eigenvalue weighted by molar-refractivity contribution is -0.0659. The number of para-hydroxylation sites is 1. The van der Waals surface area contributed by atoms with Gasteiger partial charge in [0.2, 0.25) is 0 Å². The van der Waals surface area contributed by atoms with E-state index in [1.54, 1.807) is 0 Å². The van der Waals surface area contributed by atoms with Gasteiger partial charge in [-0.15, -0.1) is 0 Å². The van der Waals surface area contributed by atoms with Crippen molar-refractivity contribution in [2.24, 2.45) is 5.92 Å². The Morgan fingerprint density at radius 3 is 3.06 bits per heavy atom. The number of hydrogen-bond donors (Lipinski definition) is 2. The van der Waals surface area contributed by atoms with Gasteiger partial charge >= 0.3 is 0 Å². The third-order valence-electron chi connectivity index (χ3n) is 4.20. The van der Waals surface area contributed by atoms with E-state index >= 15 is 0 Å². The van der Waals surface area contributed by atoms with Crippen molar-refractivity contribution in [3.8, 4) is 5.75 Å². The SMILES string of the molecule is CC1CNCCC12CC(O)c1ccccc1O2. The standard InChI is InChI=1S/C14H19NO2/c1-10-9-15-7-6-14(10)8-12(16)11-4-2-3-5-13(11)17-14/h2-5,10,12,15-16H,6-9H2,1H3. The highest BCUT2D eigenvalue weighted by Gasteiger charge is 2.45. The summed E-state index contributed by atoms with van der Waals surface area (Å²) in [5, 5.41) is 13.7. The predicted octanol–water partition coefficient (Wildman–Crippen LogP) is 1.87. The predicted molar refractivity (Wildman–Crippen MR) is 66.0 cm³/mol. The average Bonchev–Trinajstić information content (AvgIpc) is 2.33. The van der Waals surface area contributed by atoms with Crippen molar-refractivity contribution in [3.05, 3.63) is 29.8 Å². The van der Waals surface area contributed by atoms with Crippen LogP contribution in [0.4, 0.5) is 0 Å². The van der Waals surface area contributed by atoms with Crippen LogP contribution in [-0.4, -0.2) is 23.8 Å². The van der Waals surface area contributed by atoms with Crippen molar-refractivity contribution < 1.29 is 9.84 Å². The zero-order valence-electron chi connectivity index (χ0n) is 10.1. The summed E-state index contributed by atoms with van der Waals surface area (Å²) in [5.41, 5.74) is 0.753. The molecule has 92 valence electrons. The van der Waals surface area contributed by atoms with Gasteiger partial charge in [-0.1, -0.05) is 25.1 Å². The minimum atomic E-state index is -0.388. The van der Waals surface area contributed by atoms with Crippen molar-refractivity contribution in [1.82, 2.24) is 5.32 Å². The van der Waals surface area contributed by atoms with Gasteiger partial charge in [-0.2, -0.15) is 0 Å². The van der Waals surface area contributed by atoms with Crippen molar-refractivity contribution in [2.45, 2.75) is 31.5 Å². The molecule has 3 nitrogen and oxygen atoms in total. The van der Waals surface area contributed by atoms with E-state index in [4.69, 9.17) is 4.74 Å². The smallest absolute Gasteiger partial charge is 0.125 e. The number of fused-ring (bicyclic) bond motifs is 1. The number of piperidine rings is 1. The number of ether oxygens (including phenoxy) is 1. The summed E-state index contributed by atoms with van der Waals surface area (Å²) in [6.07, 6.45) is 1.30. The minimum absolute atomic E-state index is 0.182. The van der Waals surface area contributed by atoms with Gasteiger partial charge in [0.05, 0.1) is 6.10 Å². The molecular formula is C14H19NO2. The molecule has 1 saturated heterocycles. The third-order valence-corrected chi connectivity index (χ3v) is 4.20. The largest absolute Gasteiger partial charge is 0.486 e. The van der Waals surface area contributed by atoms with Crippen molar-refractivity contribution in [2.75, 3.05) is 13.1 Å². The van der Waals surface area contributed by atoms with Gasteiger partial charge in [-0.05, 0) is 19.0 Å². The molecule has 17 heavy (non-hydrogen) atoms. The molecule has 2 aliphatic heterocycles. The van der Waals surface area contributed by atoms with Crippen LogP contribution in [0.25, 0.3) is 0 Å². The maximum atomic E-state index is 10.3. The van der Waals surface area contributed by atoms with Gasteiger partial charge in [0.25, 0.3) is 0 Å². The van der Waals surface area contributed by atoms with Crippen LogP contribution in [0.1, 0.15) is 31.4 Å². The molecule has 0 saturated carbocycles. The molecule has 3 rings (SSSR count). The maximum absolute atomic E-state index is 10.3. The van der Waals surface area contributed by atoms with E-state index in [0.29, 0.717) is 12.3 Å². The second-order valence-electron chi connectivity index (χ2n) is 5.28. The number of aliphatic hydroxyl groups excluding tert-OH is 1. The van der Waals surface area contributed by atoms with Crippen LogP contribution in [0.15, 0.2) is 24.3 Å². The summed E-state index contributed by atoms with van der Waals surface area (Å²) in [6, 6.07) is 7.85. The Morgan fingerprint density at radius 1 is 1.41 bits per heavy atom. The lowest BCUT2D eigenvalue weighted by Gasteiger charge is -2.47. The highest BCUT2D eigenvalue weighted by Crippen LogP contribution is 2.45. The van der Waals surface area contributed by atoms with E-state index in [2.05, 4.69) is 12.2 Å². The summed E-state index contributed by atoms with van der Waals surface area (Å²) < 4.78 is 6.24. The lowest BCUT2D eigenvalue weighted by Crippen LogP contribution is -2.55. The molecule has 1 fully saturated rings. The molecule has 0 amide bonds. The zero-order chi connectivity index (χ0) is 11.9. The Balaban J connectivity index is 1.97. The first kappa shape index (κ1) is 11.1. The Labute approximate surface area is 102 Å². The van der Waals surface area contributed by atoms with Crippen LogP contribution in [0, 0.1) is 5.92 Å². The summed E-state index contributed by atoms with van der Waals surface area (Å²) >= 11 is 0. The number of rotatable bonds is 0. The van der Waals surface area contributed by atoms with E-state index in [0.717, 1.165) is 30.8 Å². The molecule has 3 unspecified atom stereocenters. The van der Waals surface area contributed by atoms with E-state index in [1.165, 1.54) is 0 Å². The van der Waals surface area contributed by atoms with Crippen LogP contribution >= 0.6 is 0 Å². The molecule has 1 aromatic rings. The van der Waals surface area contributed by atoms with E-state index in [-0.39, 0.29) is 11.7 Å². The van der Waals surface area contributed by atoms with Crippen LogP contribution in [0.3, 0.4) is 0 Å². The van der Waals surface area contributed by atoms with Gasteiger partial charge in [0.1, 0.15) is 11.4 Å². The maximum Gasteiger partial charge on any atom is 0.125 e. The van der Waals surface area contributed by atoms with Gasteiger partial charge in [-0.25, -0.2) is 0 Å². The molecule has 0 aliphatic carbocycles. The molecule has 0 bridgehead atoms. The quantitative estimate of drug-likeness (QED) is 0.719. The number of aliphatic hydroxyl groups is 1. The normalized spacial score (nSPS) is 36.4. The number of hydrogen-bond acceptors (Lipinski definition) is 3. The topological polar surface area (TPSA) is 41.5 Å². The second kappa shape index (κ2) is 4.00. The molecule has 2 heterocycles. The second-order valence-corrected chi connectivity index (χ2v) is 5.28. The molecule has 1 aromatic carbocycles. The molecule has 2 aliphatic rings. The Bertz CT molecular complexity index is 420. The van der Waals surface area contributed by atoms with Crippen LogP contribution in [0.5, 0.6) is 5.75 Å². The highest BCUT2D eigenvalue weighted by atomic mass is 16.5. The van der Waals surface area contributed by atoms with E-state index in [9.17, 15) is 5.11 Å². The summed E-state index contributed by atoms with van der Waals surface area (Å²) in [5.74, 6) is 1.29. The fraction of sp³-hybridized carbons (Fsp3) is 0.571. The van der Waals surface area contributed by atoms with E-state index < -0.39 is 0 Å². The average molecular weight is 233 g/mol. The lowest BCUT2D eigenvalue weighted by atomic mass is 9.76. The molecule has 3 atom stereocenters. The molecule has 1 spiro atoms. The molecule has 3 heteroatoms. The first-order valence-electron chi connectivity index (χ1n) is 6.38. The van der Waals surface area contributed by atoms with Crippen LogP contribution in [-0.2, 0) is 0 Å². The van der Waals surface area contributed by atoms with Gasteiger partial charge < -0.3 is 15.2 Å². The van der Waals surface area contributed by atoms with Crippen LogP contribution in [0.2, 0.25) is 0 Å². The van der Waals surface area contributed by atoms with Gasteiger partial charge in [0, 0.05) is 24.4 Å². The van der Waals surface area contributed by atoms with Crippen molar-refractivity contribution >= 4 is 0 Å². The summed E-state index contributed by atoms with van der Waals surface area (Å²) in [4.78, 5) is 0. The Hall–Kier alpha value is -1.06. The summed E-state index contributed by atoms with van der Waals surface area (Å²) in [6.45, 7) is 4.14. The Kier molecular flexibility index (Phi) is 2.60. The van der Waals surface area contributed by atoms with E-state index in [1.807, 2.05) is 24.3 Å². The molecular weight excluding hydrogens is 214 g/mol. The fourth-order valence-electron chi connectivity index (χ4n) is 3.05. The van der Waals surface area contributed by atoms with Gasteiger partial charge in [0.15, 0.2) is 0 Å². The molecule has 0 aromatic heterocycles. The third kappa shape index (κ3) is 1.74. The monoisotopic (exact) mass is 233 g/mol. The Morgan fingerprint density at radius 2 is 2.24 bits per heavy atom. The first-order chi connectivity index (χ1) is 8.21. The first-order valence-corrected chi connectivity index (χ1v) is 6.38. The zero-order valence-corrected chi connectivity index (χ0v) is 10.1. The van der Waals surface area contributed by atoms with Gasteiger partial charge in [-0.3, -0.25) is 0 Å². The molecule has 0 radical (unpaired) electrons. The van der Waals surface area contributed by atoms with Crippen LogP contribution < -0.4 is 10.1 Å².